The maximum Gasteiger partial charge on any atom is 0.239 e. The van der Waals surface area contributed by atoms with E-state index in [0.717, 1.165) is 6.07 Å². The van der Waals surface area contributed by atoms with Crippen molar-refractivity contribution in [3.8, 4) is 6.07 Å². The highest BCUT2D eigenvalue weighted by Crippen LogP contribution is 2.15. The molecule has 1 aromatic carbocycles. The fourth-order valence-corrected chi connectivity index (χ4v) is 1.20. The Balaban J connectivity index is 2.67. The predicted octanol–water partition coefficient (Wildman–Crippen LogP) is 1.25. The van der Waals surface area contributed by atoms with Crippen molar-refractivity contribution in [1.29, 1.82) is 5.26 Å². The van der Waals surface area contributed by atoms with Crippen molar-refractivity contribution in [2.24, 2.45) is 0 Å². The molecule has 0 unspecified atom stereocenters. The number of carbonyl (C=O) groups is 1. The van der Waals surface area contributed by atoms with Gasteiger partial charge in [0.05, 0.1) is 17.8 Å². The van der Waals surface area contributed by atoms with Gasteiger partial charge < -0.3 is 10.6 Å². The van der Waals surface area contributed by atoms with Gasteiger partial charge in [-0.15, -0.1) is 0 Å². The SMILES string of the molecule is CCNC(=O)CNc1ccc(F)cc1C#N. The van der Waals surface area contributed by atoms with Gasteiger partial charge in [0.15, 0.2) is 0 Å². The summed E-state index contributed by atoms with van der Waals surface area (Å²) in [5.74, 6) is -0.643. The first-order valence-corrected chi connectivity index (χ1v) is 4.87. The highest BCUT2D eigenvalue weighted by molar-refractivity contribution is 5.81. The van der Waals surface area contributed by atoms with Crippen LogP contribution in [0.25, 0.3) is 0 Å². The van der Waals surface area contributed by atoms with E-state index in [1.54, 1.807) is 0 Å². The number of amides is 1. The molecule has 1 rings (SSSR count). The highest BCUT2D eigenvalue weighted by atomic mass is 19.1. The van der Waals surface area contributed by atoms with Crippen LogP contribution in [0.15, 0.2) is 18.2 Å². The number of hydrogen-bond donors (Lipinski definition) is 2. The summed E-state index contributed by atoms with van der Waals surface area (Å²) in [6.45, 7) is 2.43. The maximum atomic E-state index is 12.8. The van der Waals surface area contributed by atoms with E-state index in [1.807, 2.05) is 13.0 Å². The summed E-state index contributed by atoms with van der Waals surface area (Å²) in [6, 6.07) is 5.66. The fourth-order valence-electron chi connectivity index (χ4n) is 1.20. The topological polar surface area (TPSA) is 64.9 Å². The van der Waals surface area contributed by atoms with E-state index in [1.165, 1.54) is 12.1 Å². The normalized spacial score (nSPS) is 9.31. The first-order valence-electron chi connectivity index (χ1n) is 4.87. The van der Waals surface area contributed by atoms with Crippen LogP contribution in [0.3, 0.4) is 0 Å². The van der Waals surface area contributed by atoms with E-state index in [4.69, 9.17) is 5.26 Å². The molecule has 4 nitrogen and oxygen atoms in total. The third-order valence-electron chi connectivity index (χ3n) is 1.92. The van der Waals surface area contributed by atoms with Crippen molar-refractivity contribution in [3.63, 3.8) is 0 Å². The van der Waals surface area contributed by atoms with E-state index in [0.29, 0.717) is 12.2 Å². The third-order valence-corrected chi connectivity index (χ3v) is 1.92. The van der Waals surface area contributed by atoms with Gasteiger partial charge in [0.25, 0.3) is 0 Å². The molecule has 0 aromatic heterocycles. The zero-order valence-electron chi connectivity index (χ0n) is 8.88. The molecule has 0 bridgehead atoms. The Morgan fingerprint density at radius 3 is 2.94 bits per heavy atom. The van der Waals surface area contributed by atoms with E-state index >= 15 is 0 Å². The van der Waals surface area contributed by atoms with Crippen LogP contribution < -0.4 is 10.6 Å². The van der Waals surface area contributed by atoms with Gasteiger partial charge in [-0.3, -0.25) is 4.79 Å². The first kappa shape index (κ1) is 12.0. The molecule has 1 amide bonds. The van der Waals surface area contributed by atoms with Gasteiger partial charge in [0.2, 0.25) is 5.91 Å². The Morgan fingerprint density at radius 1 is 1.56 bits per heavy atom. The highest BCUT2D eigenvalue weighted by Gasteiger charge is 2.05. The molecule has 0 aliphatic rings. The zero-order chi connectivity index (χ0) is 12.0. The molecule has 0 aliphatic heterocycles. The number of hydrogen-bond acceptors (Lipinski definition) is 3. The second kappa shape index (κ2) is 5.71. The molecular formula is C11H12FN3O. The summed E-state index contributed by atoms with van der Waals surface area (Å²) in [5.41, 5.74) is 0.638. The lowest BCUT2D eigenvalue weighted by molar-refractivity contribution is -0.119. The molecule has 16 heavy (non-hydrogen) atoms. The summed E-state index contributed by atoms with van der Waals surface area (Å²) in [6.07, 6.45) is 0. The van der Waals surface area contributed by atoms with Gasteiger partial charge in [-0.2, -0.15) is 5.26 Å². The molecule has 0 atom stereocenters. The fraction of sp³-hybridized carbons (Fsp3) is 0.273. The van der Waals surface area contributed by atoms with Crippen molar-refractivity contribution in [1.82, 2.24) is 5.32 Å². The Kier molecular flexibility index (Phi) is 4.28. The summed E-state index contributed by atoms with van der Waals surface area (Å²) in [4.78, 5) is 11.2. The van der Waals surface area contributed by atoms with Gasteiger partial charge in [-0.05, 0) is 25.1 Å². The minimum atomic E-state index is -0.472. The van der Waals surface area contributed by atoms with Crippen molar-refractivity contribution >= 4 is 11.6 Å². The van der Waals surface area contributed by atoms with Gasteiger partial charge in [0, 0.05) is 6.54 Å². The number of nitrogens with zero attached hydrogens (tertiary/aromatic N) is 1. The number of carbonyl (C=O) groups excluding carboxylic acids is 1. The van der Waals surface area contributed by atoms with Crippen molar-refractivity contribution in [2.75, 3.05) is 18.4 Å². The minimum absolute atomic E-state index is 0.0636. The smallest absolute Gasteiger partial charge is 0.239 e. The Morgan fingerprint density at radius 2 is 2.31 bits per heavy atom. The summed E-state index contributed by atoms with van der Waals surface area (Å²) < 4.78 is 12.8. The molecule has 5 heteroatoms. The predicted molar refractivity (Wildman–Crippen MR) is 58.3 cm³/mol. The van der Waals surface area contributed by atoms with Gasteiger partial charge >= 0.3 is 0 Å². The maximum absolute atomic E-state index is 12.8. The molecule has 0 fully saturated rings. The van der Waals surface area contributed by atoms with Gasteiger partial charge in [0.1, 0.15) is 11.9 Å². The number of anilines is 1. The van der Waals surface area contributed by atoms with Crippen molar-refractivity contribution < 1.29 is 9.18 Å². The molecule has 0 spiro atoms. The molecule has 0 saturated heterocycles. The van der Waals surface area contributed by atoms with Crippen molar-refractivity contribution in [2.45, 2.75) is 6.92 Å². The van der Waals surface area contributed by atoms with E-state index < -0.39 is 5.82 Å². The van der Waals surface area contributed by atoms with Crippen LogP contribution in [0.2, 0.25) is 0 Å². The number of nitrogens with one attached hydrogen (secondary N) is 2. The van der Waals surface area contributed by atoms with Crippen LogP contribution in [0.4, 0.5) is 10.1 Å². The second-order valence-corrected chi connectivity index (χ2v) is 3.11. The largest absolute Gasteiger partial charge is 0.375 e. The van der Waals surface area contributed by atoms with E-state index in [9.17, 15) is 9.18 Å². The summed E-state index contributed by atoms with van der Waals surface area (Å²) in [5, 5.41) is 14.1. The van der Waals surface area contributed by atoms with Gasteiger partial charge in [-0.25, -0.2) is 4.39 Å². The minimum Gasteiger partial charge on any atom is -0.375 e. The Hall–Kier alpha value is -2.09. The number of likely N-dealkylation sites (N-methyl/N-ethyl adjacent to an activating group) is 1. The Labute approximate surface area is 93.1 Å². The van der Waals surface area contributed by atoms with Crippen LogP contribution in [0.5, 0.6) is 0 Å². The van der Waals surface area contributed by atoms with Crippen LogP contribution in [0, 0.1) is 17.1 Å². The molecule has 0 heterocycles. The monoisotopic (exact) mass is 221 g/mol. The number of benzene rings is 1. The number of rotatable bonds is 4. The summed E-state index contributed by atoms with van der Waals surface area (Å²) in [7, 11) is 0. The lowest BCUT2D eigenvalue weighted by Gasteiger charge is -2.07. The van der Waals surface area contributed by atoms with E-state index in [2.05, 4.69) is 10.6 Å². The van der Waals surface area contributed by atoms with Crippen LogP contribution in [0.1, 0.15) is 12.5 Å². The van der Waals surface area contributed by atoms with Crippen molar-refractivity contribution in [3.05, 3.63) is 29.6 Å². The lowest BCUT2D eigenvalue weighted by atomic mass is 10.2. The number of halogens is 1. The molecule has 0 radical (unpaired) electrons. The number of nitriles is 1. The zero-order valence-corrected chi connectivity index (χ0v) is 8.88. The molecule has 84 valence electrons. The quantitative estimate of drug-likeness (QED) is 0.804. The molecular weight excluding hydrogens is 209 g/mol. The van der Waals surface area contributed by atoms with Crippen LogP contribution >= 0.6 is 0 Å². The molecule has 1 aromatic rings. The molecule has 2 N–H and O–H groups in total. The lowest BCUT2D eigenvalue weighted by Crippen LogP contribution is -2.29. The second-order valence-electron chi connectivity index (χ2n) is 3.11. The third kappa shape index (κ3) is 3.24. The van der Waals surface area contributed by atoms with Gasteiger partial charge in [-0.1, -0.05) is 0 Å². The Bertz CT molecular complexity index is 426. The summed E-state index contributed by atoms with van der Waals surface area (Å²) >= 11 is 0. The standard InChI is InChI=1S/C11H12FN3O/c1-2-14-11(16)7-15-10-4-3-9(12)5-8(10)6-13/h3-5,15H,2,7H2,1H3,(H,14,16). The van der Waals surface area contributed by atoms with Crippen LogP contribution in [-0.4, -0.2) is 19.0 Å². The first-order chi connectivity index (χ1) is 7.67. The molecule has 0 aliphatic carbocycles. The molecule has 0 saturated carbocycles. The average Bonchev–Trinajstić information content (AvgIpc) is 2.27. The van der Waals surface area contributed by atoms with Crippen LogP contribution in [-0.2, 0) is 4.79 Å². The average molecular weight is 221 g/mol. The van der Waals surface area contributed by atoms with E-state index in [-0.39, 0.29) is 18.0 Å².